The Morgan fingerprint density at radius 3 is 1.85 bits per heavy atom. The standard InChI is InChI=1S/C38H50O9Si/c1-37(2,3)48(6,7)47-32(35(39)40-4)31-33(43-24-28-19-13-9-14-20-28)38(45-25-29-21-15-10-16-22-29)30(26-44-34(38)36(41-5)46-31)42-23-27-17-11-8-12-18-27/h8-22,30-34,36H,23-26H2,1-7H3/t30-,31?,32+,33?,34?,36?,38?/m0/s1. The van der Waals surface area contributed by atoms with Crippen molar-refractivity contribution in [2.75, 3.05) is 20.8 Å². The van der Waals surface area contributed by atoms with Crippen LogP contribution in [0.2, 0.25) is 18.1 Å². The Morgan fingerprint density at radius 2 is 1.35 bits per heavy atom. The molecule has 0 aromatic heterocycles. The second-order valence-electron chi connectivity index (χ2n) is 13.9. The third kappa shape index (κ3) is 7.92. The molecule has 0 bridgehead atoms. The SMILES string of the molecule is COC(=O)[C@H](O[Si](C)(C)C(C)(C)C)C1OC(OC)C2OC[C@H](OCc3ccccc3)C2(OCc2ccccc2)C1OCc1ccccc1. The fourth-order valence-corrected chi connectivity index (χ4v) is 7.29. The lowest BCUT2D eigenvalue weighted by Crippen LogP contribution is -2.73. The summed E-state index contributed by atoms with van der Waals surface area (Å²) in [7, 11) is 0.345. The Morgan fingerprint density at radius 1 is 0.833 bits per heavy atom. The highest BCUT2D eigenvalue weighted by molar-refractivity contribution is 6.74. The van der Waals surface area contributed by atoms with Gasteiger partial charge >= 0.3 is 5.97 Å². The van der Waals surface area contributed by atoms with Crippen molar-refractivity contribution < 1.29 is 42.4 Å². The Kier molecular flexibility index (Phi) is 11.9. The van der Waals surface area contributed by atoms with E-state index < -0.39 is 56.7 Å². The Balaban J connectivity index is 1.63. The van der Waals surface area contributed by atoms with Crippen molar-refractivity contribution in [1.82, 2.24) is 0 Å². The summed E-state index contributed by atoms with van der Waals surface area (Å²) < 4.78 is 52.0. The van der Waals surface area contributed by atoms with Gasteiger partial charge in [0.05, 0.1) is 33.5 Å². The highest BCUT2D eigenvalue weighted by atomic mass is 28.4. The van der Waals surface area contributed by atoms with Gasteiger partial charge in [-0.25, -0.2) is 4.79 Å². The van der Waals surface area contributed by atoms with Crippen molar-refractivity contribution in [1.29, 1.82) is 0 Å². The lowest BCUT2D eigenvalue weighted by molar-refractivity contribution is -0.349. The van der Waals surface area contributed by atoms with Gasteiger partial charge in [-0.05, 0) is 34.8 Å². The summed E-state index contributed by atoms with van der Waals surface area (Å²) in [6.45, 7) is 11.5. The largest absolute Gasteiger partial charge is 0.467 e. The molecular formula is C38H50O9Si. The van der Waals surface area contributed by atoms with Gasteiger partial charge < -0.3 is 37.6 Å². The maximum Gasteiger partial charge on any atom is 0.336 e. The molecule has 7 atom stereocenters. The molecule has 9 nitrogen and oxygen atoms in total. The first-order valence-electron chi connectivity index (χ1n) is 16.5. The molecule has 10 heteroatoms. The van der Waals surface area contributed by atoms with E-state index in [0.717, 1.165) is 16.7 Å². The number of methoxy groups -OCH3 is 2. The first-order valence-corrected chi connectivity index (χ1v) is 19.5. The Labute approximate surface area is 285 Å². The lowest BCUT2D eigenvalue weighted by atomic mass is 9.79. The number of esters is 1. The van der Waals surface area contributed by atoms with Crippen LogP contribution in [0.3, 0.4) is 0 Å². The van der Waals surface area contributed by atoms with Crippen LogP contribution in [0, 0.1) is 0 Å². The molecule has 0 amide bonds. The molecule has 0 spiro atoms. The quantitative estimate of drug-likeness (QED) is 0.141. The number of benzene rings is 3. The molecule has 2 fully saturated rings. The van der Waals surface area contributed by atoms with E-state index in [2.05, 4.69) is 33.9 Å². The highest BCUT2D eigenvalue weighted by Crippen LogP contribution is 2.48. The smallest absolute Gasteiger partial charge is 0.336 e. The number of hydrogen-bond acceptors (Lipinski definition) is 9. The van der Waals surface area contributed by atoms with E-state index in [0.29, 0.717) is 6.61 Å². The predicted octanol–water partition coefficient (Wildman–Crippen LogP) is 6.45. The number of rotatable bonds is 14. The van der Waals surface area contributed by atoms with Gasteiger partial charge in [-0.2, -0.15) is 0 Å². The van der Waals surface area contributed by atoms with E-state index in [4.69, 9.17) is 37.6 Å². The molecule has 5 unspecified atom stereocenters. The molecule has 2 heterocycles. The summed E-state index contributed by atoms with van der Waals surface area (Å²) >= 11 is 0. The van der Waals surface area contributed by atoms with Crippen LogP contribution >= 0.6 is 0 Å². The molecule has 2 saturated heterocycles. The fourth-order valence-electron chi connectivity index (χ4n) is 6.07. The van der Waals surface area contributed by atoms with Gasteiger partial charge in [-0.1, -0.05) is 112 Å². The Bertz CT molecular complexity index is 1430. The molecule has 0 aliphatic carbocycles. The summed E-state index contributed by atoms with van der Waals surface area (Å²) in [5.41, 5.74) is 1.62. The number of carbonyl (C=O) groups is 1. The molecule has 3 aromatic rings. The number of hydrogen-bond donors (Lipinski definition) is 0. The minimum Gasteiger partial charge on any atom is -0.467 e. The zero-order valence-electron chi connectivity index (χ0n) is 29.1. The van der Waals surface area contributed by atoms with Gasteiger partial charge in [-0.15, -0.1) is 0 Å². The van der Waals surface area contributed by atoms with Crippen LogP contribution in [0.25, 0.3) is 0 Å². The molecule has 2 aliphatic heterocycles. The topological polar surface area (TPSA) is 90.9 Å². The molecule has 3 aromatic carbocycles. The maximum atomic E-state index is 13.8. The maximum absolute atomic E-state index is 13.8. The second kappa shape index (κ2) is 15.7. The van der Waals surface area contributed by atoms with E-state index in [-0.39, 0.29) is 24.9 Å². The van der Waals surface area contributed by atoms with Gasteiger partial charge in [0.2, 0.25) is 0 Å². The van der Waals surface area contributed by atoms with E-state index in [1.54, 1.807) is 7.11 Å². The fraction of sp³-hybridized carbons (Fsp3) is 0.500. The van der Waals surface area contributed by atoms with Crippen LogP contribution in [0.1, 0.15) is 37.5 Å². The van der Waals surface area contributed by atoms with Crippen LogP contribution in [0.5, 0.6) is 0 Å². The number of carbonyl (C=O) groups excluding carboxylic acids is 1. The average Bonchev–Trinajstić information content (AvgIpc) is 3.47. The zero-order valence-corrected chi connectivity index (χ0v) is 30.1. The minimum atomic E-state index is -2.57. The molecule has 2 aliphatic rings. The van der Waals surface area contributed by atoms with Crippen molar-refractivity contribution >= 4 is 14.3 Å². The van der Waals surface area contributed by atoms with Crippen LogP contribution in [-0.2, 0) is 62.2 Å². The molecule has 0 radical (unpaired) electrons. The number of fused-ring (bicyclic) bond motifs is 1. The normalized spacial score (nSPS) is 26.5. The summed E-state index contributed by atoms with van der Waals surface area (Å²) in [4.78, 5) is 13.8. The van der Waals surface area contributed by atoms with Gasteiger partial charge in [0, 0.05) is 7.11 Å². The van der Waals surface area contributed by atoms with Gasteiger partial charge in [0.25, 0.3) is 0 Å². The predicted molar refractivity (Wildman–Crippen MR) is 183 cm³/mol. The third-order valence-electron chi connectivity index (χ3n) is 9.75. The van der Waals surface area contributed by atoms with E-state index in [1.807, 2.05) is 91.0 Å². The average molecular weight is 679 g/mol. The first kappa shape index (κ1) is 36.4. The van der Waals surface area contributed by atoms with Gasteiger partial charge in [0.15, 0.2) is 26.3 Å². The van der Waals surface area contributed by atoms with Crippen molar-refractivity contribution in [3.8, 4) is 0 Å². The van der Waals surface area contributed by atoms with Crippen LogP contribution in [-0.4, -0.2) is 77.5 Å². The van der Waals surface area contributed by atoms with Gasteiger partial charge in [0.1, 0.15) is 24.4 Å². The summed E-state index contributed by atoms with van der Waals surface area (Å²) in [6.07, 6.45) is -5.37. The zero-order chi connectivity index (χ0) is 34.4. The molecule has 5 rings (SSSR count). The van der Waals surface area contributed by atoms with Crippen LogP contribution < -0.4 is 0 Å². The molecule has 0 saturated carbocycles. The summed E-state index contributed by atoms with van der Waals surface area (Å²) in [6, 6.07) is 29.7. The van der Waals surface area contributed by atoms with Crippen molar-refractivity contribution in [3.05, 3.63) is 108 Å². The van der Waals surface area contributed by atoms with Crippen LogP contribution in [0.15, 0.2) is 91.0 Å². The highest BCUT2D eigenvalue weighted by Gasteiger charge is 2.69. The van der Waals surface area contributed by atoms with E-state index in [1.165, 1.54) is 7.11 Å². The van der Waals surface area contributed by atoms with Crippen molar-refractivity contribution in [3.63, 3.8) is 0 Å². The first-order chi connectivity index (χ1) is 23.0. The van der Waals surface area contributed by atoms with Crippen LogP contribution in [0.4, 0.5) is 0 Å². The summed E-state index contributed by atoms with van der Waals surface area (Å²) in [5, 5.41) is -0.211. The monoisotopic (exact) mass is 678 g/mol. The van der Waals surface area contributed by atoms with Crippen molar-refractivity contribution in [2.24, 2.45) is 0 Å². The molecule has 48 heavy (non-hydrogen) atoms. The minimum absolute atomic E-state index is 0.194. The van der Waals surface area contributed by atoms with Gasteiger partial charge in [-0.3, -0.25) is 0 Å². The van der Waals surface area contributed by atoms with Crippen molar-refractivity contribution in [2.45, 2.75) is 101 Å². The molecule has 0 N–H and O–H groups in total. The molecule has 260 valence electrons. The molecular weight excluding hydrogens is 628 g/mol. The number of ether oxygens (including phenoxy) is 7. The third-order valence-corrected chi connectivity index (χ3v) is 14.2. The second-order valence-corrected chi connectivity index (χ2v) is 18.7. The Hall–Kier alpha value is -2.93. The summed E-state index contributed by atoms with van der Waals surface area (Å²) in [5.74, 6) is -0.565. The lowest BCUT2D eigenvalue weighted by Gasteiger charge is -2.53. The van der Waals surface area contributed by atoms with E-state index >= 15 is 0 Å². The van der Waals surface area contributed by atoms with E-state index in [9.17, 15) is 4.79 Å².